The zero-order chi connectivity index (χ0) is 10.7. The number of rotatable bonds is 0. The topological polar surface area (TPSA) is 46.7 Å². The first kappa shape index (κ1) is 8.40. The molecule has 4 aliphatic carbocycles. The van der Waals surface area contributed by atoms with Gasteiger partial charge in [-0.05, 0) is 18.3 Å². The molecule has 0 aromatic rings. The molecule has 1 heterocycles. The minimum atomic E-state index is 0.0532. The van der Waals surface area contributed by atoms with Crippen molar-refractivity contribution in [1.82, 2.24) is 0 Å². The molecule has 3 heteroatoms. The molecule has 0 N–H and O–H groups in total. The lowest BCUT2D eigenvalue weighted by Gasteiger charge is -2.30. The van der Waals surface area contributed by atoms with E-state index < -0.39 is 0 Å². The van der Waals surface area contributed by atoms with Crippen molar-refractivity contribution in [2.45, 2.75) is 37.9 Å². The van der Waals surface area contributed by atoms with Crippen molar-refractivity contribution in [2.75, 3.05) is 0 Å². The maximum Gasteiger partial charge on any atom is 0.137 e. The molecule has 5 fully saturated rings. The lowest BCUT2D eigenvalue weighted by molar-refractivity contribution is -0.139. The largest absolute Gasteiger partial charge is 0.369 e. The summed E-state index contributed by atoms with van der Waals surface area (Å²) in [4.78, 5) is 24.2. The van der Waals surface area contributed by atoms with E-state index in [0.717, 1.165) is 0 Å². The predicted molar refractivity (Wildman–Crippen MR) is 53.5 cm³/mol. The van der Waals surface area contributed by atoms with Crippen LogP contribution in [-0.4, -0.2) is 23.8 Å². The monoisotopic (exact) mass is 218 g/mol. The molecular formula is C13H14O3. The van der Waals surface area contributed by atoms with Gasteiger partial charge in [0.05, 0.1) is 12.2 Å². The van der Waals surface area contributed by atoms with Crippen LogP contribution in [0.3, 0.4) is 0 Å². The summed E-state index contributed by atoms with van der Waals surface area (Å²) in [5, 5.41) is 0. The number of ether oxygens (including phenoxy) is 1. The van der Waals surface area contributed by atoms with E-state index in [-0.39, 0.29) is 11.8 Å². The molecule has 5 rings (SSSR count). The molecule has 1 saturated heterocycles. The molecule has 1 spiro atoms. The highest BCUT2D eigenvalue weighted by Crippen LogP contribution is 2.80. The second kappa shape index (κ2) is 2.15. The average molecular weight is 218 g/mol. The molecular weight excluding hydrogens is 204 g/mol. The highest BCUT2D eigenvalue weighted by molar-refractivity contribution is 5.98. The van der Waals surface area contributed by atoms with Gasteiger partial charge in [0.1, 0.15) is 11.6 Å². The van der Waals surface area contributed by atoms with Gasteiger partial charge in [-0.3, -0.25) is 9.59 Å². The molecule has 1 aliphatic heterocycles. The number of epoxide rings is 1. The van der Waals surface area contributed by atoms with Gasteiger partial charge in [-0.15, -0.1) is 0 Å². The third kappa shape index (κ3) is 0.658. The third-order valence-electron chi connectivity index (χ3n) is 5.95. The highest BCUT2D eigenvalue weighted by Gasteiger charge is 2.83. The molecule has 0 amide bonds. The van der Waals surface area contributed by atoms with Crippen molar-refractivity contribution < 1.29 is 14.3 Å². The number of ketones is 2. The summed E-state index contributed by atoms with van der Waals surface area (Å²) in [6.45, 7) is 0. The second-order valence-electron chi connectivity index (χ2n) is 6.33. The molecule has 2 bridgehead atoms. The van der Waals surface area contributed by atoms with E-state index in [1.807, 2.05) is 0 Å². The Morgan fingerprint density at radius 1 is 0.938 bits per heavy atom. The zero-order valence-corrected chi connectivity index (χ0v) is 9.02. The molecule has 0 aromatic heterocycles. The summed E-state index contributed by atoms with van der Waals surface area (Å²) in [5.41, 5.74) is 0.374. The summed E-state index contributed by atoms with van der Waals surface area (Å²) in [6, 6.07) is 0. The van der Waals surface area contributed by atoms with Gasteiger partial charge in [0.2, 0.25) is 0 Å². The normalized spacial score (nSPS) is 58.8. The SMILES string of the molecule is O=C1CCC(=O)[C@H]2[C@@H]1[C@H]1[C@@H]3O[C@@H]3[C@@H]2C12CC2. The number of Topliss-reactive ketones (excluding diaryl/α,β-unsaturated/α-hetero) is 2. The van der Waals surface area contributed by atoms with Crippen LogP contribution in [-0.2, 0) is 14.3 Å². The van der Waals surface area contributed by atoms with E-state index in [9.17, 15) is 9.59 Å². The van der Waals surface area contributed by atoms with Crippen molar-refractivity contribution in [1.29, 1.82) is 0 Å². The van der Waals surface area contributed by atoms with Crippen molar-refractivity contribution >= 4 is 11.6 Å². The summed E-state index contributed by atoms with van der Waals surface area (Å²) >= 11 is 0. The average Bonchev–Trinajstić information content (AvgIpc) is 3.13. The van der Waals surface area contributed by atoms with Crippen LogP contribution in [0.2, 0.25) is 0 Å². The number of carbonyl (C=O) groups is 2. The smallest absolute Gasteiger partial charge is 0.137 e. The van der Waals surface area contributed by atoms with Crippen LogP contribution in [0.5, 0.6) is 0 Å². The lowest BCUT2D eigenvalue weighted by Crippen LogP contribution is -2.41. The minimum absolute atomic E-state index is 0.0532. The van der Waals surface area contributed by atoms with E-state index in [1.165, 1.54) is 12.8 Å². The lowest BCUT2D eigenvalue weighted by atomic mass is 9.69. The van der Waals surface area contributed by atoms with Gasteiger partial charge in [-0.1, -0.05) is 0 Å². The van der Waals surface area contributed by atoms with E-state index >= 15 is 0 Å². The van der Waals surface area contributed by atoms with Gasteiger partial charge >= 0.3 is 0 Å². The standard InChI is InChI=1S/C13H14O3/c14-5-1-2-6(15)8-7(5)9-11-12(16-11)10(8)13(9)3-4-13/h7-12H,1-4H2/t7-,8+,9+,10-,11+,12-. The number of hydrogen-bond donors (Lipinski definition) is 0. The van der Waals surface area contributed by atoms with Crippen molar-refractivity contribution in [2.24, 2.45) is 29.1 Å². The van der Waals surface area contributed by atoms with E-state index in [2.05, 4.69) is 0 Å². The summed E-state index contributed by atoms with van der Waals surface area (Å²) in [5.74, 6) is 1.66. The van der Waals surface area contributed by atoms with Gasteiger partial charge in [0, 0.05) is 36.5 Å². The van der Waals surface area contributed by atoms with Crippen molar-refractivity contribution in [3.8, 4) is 0 Å². The van der Waals surface area contributed by atoms with Crippen LogP contribution >= 0.6 is 0 Å². The summed E-state index contributed by atoms with van der Waals surface area (Å²) in [6.07, 6.45) is 4.18. The minimum Gasteiger partial charge on any atom is -0.369 e. The summed E-state index contributed by atoms with van der Waals surface area (Å²) in [7, 11) is 0. The molecule has 4 saturated carbocycles. The molecule has 5 aliphatic rings. The number of carbonyl (C=O) groups excluding carboxylic acids is 2. The molecule has 6 atom stereocenters. The maximum absolute atomic E-state index is 12.1. The first-order chi connectivity index (χ1) is 7.74. The Labute approximate surface area is 93.5 Å². The van der Waals surface area contributed by atoms with Crippen molar-refractivity contribution in [3.05, 3.63) is 0 Å². The van der Waals surface area contributed by atoms with Gasteiger partial charge in [0.25, 0.3) is 0 Å². The number of hydrogen-bond acceptors (Lipinski definition) is 3. The van der Waals surface area contributed by atoms with Gasteiger partial charge in [-0.25, -0.2) is 0 Å². The Morgan fingerprint density at radius 2 is 1.44 bits per heavy atom. The molecule has 84 valence electrons. The Balaban J connectivity index is 1.70. The fourth-order valence-corrected chi connectivity index (χ4v) is 5.35. The van der Waals surface area contributed by atoms with Crippen LogP contribution in [0, 0.1) is 29.1 Å². The van der Waals surface area contributed by atoms with Crippen LogP contribution in [0.4, 0.5) is 0 Å². The maximum atomic E-state index is 12.1. The zero-order valence-electron chi connectivity index (χ0n) is 9.02. The first-order valence-corrected chi connectivity index (χ1v) is 6.45. The Kier molecular flexibility index (Phi) is 1.13. The third-order valence-corrected chi connectivity index (χ3v) is 5.95. The van der Waals surface area contributed by atoms with Crippen LogP contribution in [0.15, 0.2) is 0 Å². The molecule has 0 unspecified atom stereocenters. The van der Waals surface area contributed by atoms with E-state index in [4.69, 9.17) is 4.74 Å². The van der Waals surface area contributed by atoms with E-state index in [1.54, 1.807) is 0 Å². The molecule has 0 aromatic carbocycles. The Hall–Kier alpha value is -0.700. The quantitative estimate of drug-likeness (QED) is 0.569. The van der Waals surface area contributed by atoms with Crippen LogP contribution in [0.25, 0.3) is 0 Å². The van der Waals surface area contributed by atoms with Crippen LogP contribution in [0.1, 0.15) is 25.7 Å². The van der Waals surface area contributed by atoms with Gasteiger partial charge in [-0.2, -0.15) is 0 Å². The van der Waals surface area contributed by atoms with Crippen molar-refractivity contribution in [3.63, 3.8) is 0 Å². The highest BCUT2D eigenvalue weighted by atomic mass is 16.6. The number of fused-ring (bicyclic) bond motifs is 6. The molecule has 16 heavy (non-hydrogen) atoms. The van der Waals surface area contributed by atoms with Gasteiger partial charge < -0.3 is 4.74 Å². The fourth-order valence-electron chi connectivity index (χ4n) is 5.35. The first-order valence-electron chi connectivity index (χ1n) is 6.45. The second-order valence-corrected chi connectivity index (χ2v) is 6.33. The molecule has 3 nitrogen and oxygen atoms in total. The Bertz CT molecular complexity index is 400. The summed E-state index contributed by atoms with van der Waals surface area (Å²) < 4.78 is 5.70. The van der Waals surface area contributed by atoms with Gasteiger partial charge in [0.15, 0.2) is 0 Å². The Morgan fingerprint density at radius 3 is 1.88 bits per heavy atom. The van der Waals surface area contributed by atoms with Crippen LogP contribution < -0.4 is 0 Å². The predicted octanol–water partition coefficient (Wildman–Crippen LogP) is 0.958. The molecule has 0 radical (unpaired) electrons. The fraction of sp³-hybridized carbons (Fsp3) is 0.846. The van der Waals surface area contributed by atoms with E-state index in [0.29, 0.717) is 53.9 Å².